The molecule has 0 radical (unpaired) electrons. The van der Waals surface area contributed by atoms with Gasteiger partial charge in [0.05, 0.1) is 22.3 Å². The summed E-state index contributed by atoms with van der Waals surface area (Å²) in [7, 11) is 0. The first-order valence-corrected chi connectivity index (χ1v) is 6.04. The summed E-state index contributed by atoms with van der Waals surface area (Å²) in [6.45, 7) is 1.82. The Morgan fingerprint density at radius 3 is 2.80 bits per heavy atom. The van der Waals surface area contributed by atoms with Crippen molar-refractivity contribution < 1.29 is 14.3 Å². The van der Waals surface area contributed by atoms with Gasteiger partial charge >= 0.3 is 5.97 Å². The molecule has 20 heavy (non-hydrogen) atoms. The third kappa shape index (κ3) is 1.84. The number of benzene rings is 2. The van der Waals surface area contributed by atoms with Crippen molar-refractivity contribution in [1.82, 2.24) is 9.55 Å². The van der Waals surface area contributed by atoms with E-state index in [0.717, 1.165) is 5.56 Å². The minimum atomic E-state index is -1.01. The molecule has 0 fully saturated rings. The standard InChI is InChI=1S/C15H11FN2O2/c1-9-3-2-4-11(16)14(9)18-8-17-12-7-10(15(19)20)5-6-13(12)18/h2-8H,1H3,(H,19,20). The number of aromatic nitrogens is 2. The molecule has 0 unspecified atom stereocenters. The monoisotopic (exact) mass is 270 g/mol. The summed E-state index contributed by atoms with van der Waals surface area (Å²) in [4.78, 5) is 15.1. The van der Waals surface area contributed by atoms with E-state index in [2.05, 4.69) is 4.98 Å². The van der Waals surface area contributed by atoms with Crippen molar-refractivity contribution >= 4 is 17.0 Å². The van der Waals surface area contributed by atoms with E-state index in [4.69, 9.17) is 5.11 Å². The van der Waals surface area contributed by atoms with E-state index < -0.39 is 5.97 Å². The van der Waals surface area contributed by atoms with E-state index in [1.54, 1.807) is 16.7 Å². The fourth-order valence-corrected chi connectivity index (χ4v) is 2.25. The van der Waals surface area contributed by atoms with Gasteiger partial charge < -0.3 is 5.11 Å². The highest BCUT2D eigenvalue weighted by molar-refractivity contribution is 5.92. The number of aryl methyl sites for hydroxylation is 1. The maximum absolute atomic E-state index is 14.0. The Morgan fingerprint density at radius 1 is 1.30 bits per heavy atom. The molecule has 0 bridgehead atoms. The summed E-state index contributed by atoms with van der Waals surface area (Å²) in [6.07, 6.45) is 1.50. The van der Waals surface area contributed by atoms with Gasteiger partial charge in [0, 0.05) is 0 Å². The Balaban J connectivity index is 2.26. The van der Waals surface area contributed by atoms with Crippen LogP contribution in [0.15, 0.2) is 42.7 Å². The van der Waals surface area contributed by atoms with Crippen LogP contribution in [0.1, 0.15) is 15.9 Å². The molecule has 0 atom stereocenters. The Bertz CT molecular complexity index is 804. The maximum atomic E-state index is 14.0. The molecule has 100 valence electrons. The predicted molar refractivity (Wildman–Crippen MR) is 72.7 cm³/mol. The molecule has 0 aliphatic rings. The van der Waals surface area contributed by atoms with Crippen LogP contribution in [0.25, 0.3) is 16.7 Å². The summed E-state index contributed by atoms with van der Waals surface area (Å²) in [5, 5.41) is 8.96. The van der Waals surface area contributed by atoms with Gasteiger partial charge in [-0.1, -0.05) is 12.1 Å². The number of carboxylic acid groups (broad SMARTS) is 1. The Kier molecular flexibility index (Phi) is 2.75. The van der Waals surface area contributed by atoms with Crippen LogP contribution in [0.3, 0.4) is 0 Å². The van der Waals surface area contributed by atoms with Crippen molar-refractivity contribution in [1.29, 1.82) is 0 Å². The summed E-state index contributed by atoms with van der Waals surface area (Å²) in [6, 6.07) is 9.45. The van der Waals surface area contributed by atoms with Gasteiger partial charge in [0.2, 0.25) is 0 Å². The van der Waals surface area contributed by atoms with Crippen LogP contribution < -0.4 is 0 Å². The molecule has 1 aromatic heterocycles. The zero-order valence-corrected chi connectivity index (χ0v) is 10.7. The van der Waals surface area contributed by atoms with Crippen LogP contribution in [0.2, 0.25) is 0 Å². The number of halogens is 1. The first-order valence-electron chi connectivity index (χ1n) is 6.04. The fraction of sp³-hybridized carbons (Fsp3) is 0.0667. The number of carboxylic acids is 1. The van der Waals surface area contributed by atoms with E-state index in [9.17, 15) is 9.18 Å². The normalized spacial score (nSPS) is 10.9. The summed E-state index contributed by atoms with van der Waals surface area (Å²) in [5.74, 6) is -1.35. The number of imidazole rings is 1. The Morgan fingerprint density at radius 2 is 2.10 bits per heavy atom. The molecule has 0 spiro atoms. The molecular weight excluding hydrogens is 259 g/mol. The smallest absolute Gasteiger partial charge is 0.335 e. The SMILES string of the molecule is Cc1cccc(F)c1-n1cnc2cc(C(=O)O)ccc21. The molecule has 2 aromatic carbocycles. The van der Waals surface area contributed by atoms with Crippen LogP contribution in [0, 0.1) is 12.7 Å². The second kappa shape index (κ2) is 4.45. The van der Waals surface area contributed by atoms with Gasteiger partial charge in [-0.2, -0.15) is 0 Å². The number of fused-ring (bicyclic) bond motifs is 1. The van der Waals surface area contributed by atoms with Crippen LogP contribution in [-0.4, -0.2) is 20.6 Å². The molecule has 3 aromatic rings. The second-order valence-electron chi connectivity index (χ2n) is 4.53. The van der Waals surface area contributed by atoms with Crippen molar-refractivity contribution in [3.8, 4) is 5.69 Å². The number of para-hydroxylation sites is 1. The molecule has 0 aliphatic carbocycles. The topological polar surface area (TPSA) is 55.1 Å². The molecule has 0 aliphatic heterocycles. The van der Waals surface area contributed by atoms with Crippen LogP contribution in [0.5, 0.6) is 0 Å². The highest BCUT2D eigenvalue weighted by atomic mass is 19.1. The minimum absolute atomic E-state index is 0.160. The average Bonchev–Trinajstić information content (AvgIpc) is 2.81. The van der Waals surface area contributed by atoms with E-state index in [1.807, 2.05) is 13.0 Å². The molecular formula is C15H11FN2O2. The van der Waals surface area contributed by atoms with Gasteiger partial charge in [-0.05, 0) is 36.8 Å². The van der Waals surface area contributed by atoms with E-state index >= 15 is 0 Å². The van der Waals surface area contributed by atoms with Gasteiger partial charge in [-0.3, -0.25) is 4.57 Å². The lowest BCUT2D eigenvalue weighted by Crippen LogP contribution is -2.00. The third-order valence-electron chi connectivity index (χ3n) is 3.22. The van der Waals surface area contributed by atoms with E-state index in [-0.39, 0.29) is 11.4 Å². The molecule has 4 nitrogen and oxygen atoms in total. The lowest BCUT2D eigenvalue weighted by Gasteiger charge is -2.09. The van der Waals surface area contributed by atoms with Gasteiger partial charge in [0.15, 0.2) is 0 Å². The van der Waals surface area contributed by atoms with Crippen molar-refractivity contribution in [2.24, 2.45) is 0 Å². The summed E-state index contributed by atoms with van der Waals surface area (Å²) >= 11 is 0. The number of hydrogen-bond acceptors (Lipinski definition) is 2. The highest BCUT2D eigenvalue weighted by Crippen LogP contribution is 2.24. The van der Waals surface area contributed by atoms with Gasteiger partial charge in [-0.25, -0.2) is 14.2 Å². The maximum Gasteiger partial charge on any atom is 0.335 e. The average molecular weight is 270 g/mol. The molecule has 5 heteroatoms. The van der Waals surface area contributed by atoms with Crippen molar-refractivity contribution in [2.45, 2.75) is 6.92 Å². The molecule has 0 saturated heterocycles. The molecule has 1 heterocycles. The largest absolute Gasteiger partial charge is 0.478 e. The second-order valence-corrected chi connectivity index (χ2v) is 4.53. The number of aromatic carboxylic acids is 1. The third-order valence-corrected chi connectivity index (χ3v) is 3.22. The van der Waals surface area contributed by atoms with Crippen molar-refractivity contribution in [3.05, 3.63) is 59.7 Å². The minimum Gasteiger partial charge on any atom is -0.478 e. The van der Waals surface area contributed by atoms with Gasteiger partial charge in [-0.15, -0.1) is 0 Å². The summed E-state index contributed by atoms with van der Waals surface area (Å²) < 4.78 is 15.6. The molecule has 3 rings (SSSR count). The first kappa shape index (κ1) is 12.3. The Hall–Kier alpha value is -2.69. The van der Waals surface area contributed by atoms with Crippen molar-refractivity contribution in [3.63, 3.8) is 0 Å². The lowest BCUT2D eigenvalue weighted by molar-refractivity contribution is 0.0697. The molecule has 0 saturated carbocycles. The Labute approximate surface area is 114 Å². The number of carbonyl (C=O) groups is 1. The van der Waals surface area contributed by atoms with Crippen LogP contribution in [-0.2, 0) is 0 Å². The zero-order valence-electron chi connectivity index (χ0n) is 10.7. The van der Waals surface area contributed by atoms with Crippen molar-refractivity contribution in [2.75, 3.05) is 0 Å². The molecule has 1 N–H and O–H groups in total. The number of nitrogens with zero attached hydrogens (tertiary/aromatic N) is 2. The van der Waals surface area contributed by atoms with Gasteiger partial charge in [0.25, 0.3) is 0 Å². The number of hydrogen-bond donors (Lipinski definition) is 1. The lowest BCUT2D eigenvalue weighted by atomic mass is 10.1. The van der Waals surface area contributed by atoms with E-state index in [1.165, 1.54) is 24.5 Å². The zero-order chi connectivity index (χ0) is 14.3. The number of rotatable bonds is 2. The molecule has 0 amide bonds. The predicted octanol–water partition coefficient (Wildman–Crippen LogP) is 3.17. The van der Waals surface area contributed by atoms with E-state index in [0.29, 0.717) is 16.7 Å². The van der Waals surface area contributed by atoms with Crippen LogP contribution >= 0.6 is 0 Å². The van der Waals surface area contributed by atoms with Gasteiger partial charge in [0.1, 0.15) is 12.1 Å². The highest BCUT2D eigenvalue weighted by Gasteiger charge is 2.13. The fourth-order valence-electron chi connectivity index (χ4n) is 2.25. The van der Waals surface area contributed by atoms with Crippen LogP contribution in [0.4, 0.5) is 4.39 Å². The quantitative estimate of drug-likeness (QED) is 0.778. The summed E-state index contributed by atoms with van der Waals surface area (Å²) in [5.41, 5.74) is 2.56. The first-order chi connectivity index (χ1) is 9.58.